The zero-order valence-corrected chi connectivity index (χ0v) is 10.1. The Morgan fingerprint density at radius 3 is 2.24 bits per heavy atom. The van der Waals surface area contributed by atoms with Gasteiger partial charge in [-0.3, -0.25) is 0 Å². The van der Waals surface area contributed by atoms with Crippen LogP contribution in [-0.4, -0.2) is 40.6 Å². The Bertz CT molecular complexity index is 330. The summed E-state index contributed by atoms with van der Waals surface area (Å²) < 4.78 is 33.8. The minimum absolute atomic E-state index is 0.112. The second-order valence-electron chi connectivity index (χ2n) is 3.25. The van der Waals surface area contributed by atoms with Crippen LogP contribution in [0.25, 0.3) is 0 Å². The van der Waals surface area contributed by atoms with E-state index >= 15 is 0 Å². The molecule has 1 aromatic rings. The van der Waals surface area contributed by atoms with Gasteiger partial charge in [-0.2, -0.15) is 0 Å². The molecular formula is C12H17FO4. The van der Waals surface area contributed by atoms with Crippen molar-refractivity contribution in [2.45, 2.75) is 0 Å². The number of ether oxygens (including phenoxy) is 4. The lowest BCUT2D eigenvalue weighted by Crippen LogP contribution is -2.09. The lowest BCUT2D eigenvalue weighted by Gasteiger charge is -2.12. The summed E-state index contributed by atoms with van der Waals surface area (Å²) in [7, 11) is 3.13. The Morgan fingerprint density at radius 2 is 1.59 bits per heavy atom. The smallest absolute Gasteiger partial charge is 0.197 e. The molecular weight excluding hydrogens is 227 g/mol. The molecule has 4 nitrogen and oxygen atoms in total. The van der Waals surface area contributed by atoms with Crippen molar-refractivity contribution in [3.05, 3.63) is 24.0 Å². The van der Waals surface area contributed by atoms with Crippen LogP contribution < -0.4 is 9.47 Å². The third kappa shape index (κ3) is 4.58. The van der Waals surface area contributed by atoms with Crippen molar-refractivity contribution in [3.63, 3.8) is 0 Å². The van der Waals surface area contributed by atoms with Gasteiger partial charge in [0.15, 0.2) is 17.3 Å². The van der Waals surface area contributed by atoms with Gasteiger partial charge in [0.1, 0.15) is 13.2 Å². The van der Waals surface area contributed by atoms with E-state index < -0.39 is 5.82 Å². The van der Waals surface area contributed by atoms with Crippen LogP contribution in [0.3, 0.4) is 0 Å². The highest BCUT2D eigenvalue weighted by atomic mass is 19.1. The van der Waals surface area contributed by atoms with Crippen LogP contribution in [0.5, 0.6) is 11.5 Å². The normalized spacial score (nSPS) is 10.3. The van der Waals surface area contributed by atoms with Crippen LogP contribution in [0.2, 0.25) is 0 Å². The summed E-state index contributed by atoms with van der Waals surface area (Å²) in [6.45, 7) is 1.46. The Balaban J connectivity index is 2.63. The van der Waals surface area contributed by atoms with E-state index in [1.807, 2.05) is 0 Å². The molecule has 0 aromatic heterocycles. The molecule has 1 rings (SSSR count). The molecule has 0 atom stereocenters. The van der Waals surface area contributed by atoms with Crippen molar-refractivity contribution in [3.8, 4) is 11.5 Å². The topological polar surface area (TPSA) is 36.9 Å². The minimum atomic E-state index is -0.448. The van der Waals surface area contributed by atoms with Crippen LogP contribution in [0.4, 0.5) is 4.39 Å². The summed E-state index contributed by atoms with van der Waals surface area (Å²) in [4.78, 5) is 0. The van der Waals surface area contributed by atoms with Crippen molar-refractivity contribution in [1.82, 2.24) is 0 Å². The Kier molecular flexibility index (Phi) is 6.35. The summed E-state index contributed by atoms with van der Waals surface area (Å²) in [6.07, 6.45) is 0. The number of hydrogen-bond acceptors (Lipinski definition) is 4. The average molecular weight is 244 g/mol. The lowest BCUT2D eigenvalue weighted by atomic mass is 10.3. The zero-order valence-electron chi connectivity index (χ0n) is 10.1. The van der Waals surface area contributed by atoms with Crippen molar-refractivity contribution in [1.29, 1.82) is 0 Å². The van der Waals surface area contributed by atoms with Gasteiger partial charge in [0.25, 0.3) is 0 Å². The number of benzene rings is 1. The van der Waals surface area contributed by atoms with Gasteiger partial charge in [-0.15, -0.1) is 0 Å². The molecule has 0 fully saturated rings. The fraction of sp³-hybridized carbons (Fsp3) is 0.500. The number of hydrogen-bond donors (Lipinski definition) is 0. The van der Waals surface area contributed by atoms with Crippen molar-refractivity contribution >= 4 is 0 Å². The Morgan fingerprint density at radius 1 is 0.941 bits per heavy atom. The second-order valence-corrected chi connectivity index (χ2v) is 3.25. The molecule has 0 amide bonds. The molecule has 0 saturated heterocycles. The maximum absolute atomic E-state index is 13.5. The molecule has 1 aromatic carbocycles. The van der Waals surface area contributed by atoms with Gasteiger partial charge in [0.2, 0.25) is 0 Å². The molecule has 0 bridgehead atoms. The van der Waals surface area contributed by atoms with Gasteiger partial charge in [-0.05, 0) is 12.1 Å². The van der Waals surface area contributed by atoms with Crippen LogP contribution in [0, 0.1) is 5.82 Å². The summed E-state index contributed by atoms with van der Waals surface area (Å²) in [5.41, 5.74) is 0. The molecule has 0 heterocycles. The van der Waals surface area contributed by atoms with Crippen LogP contribution in [0.1, 0.15) is 0 Å². The first-order chi connectivity index (χ1) is 8.29. The SMILES string of the molecule is COCCOc1cccc(F)c1OCCOC. The molecule has 0 aliphatic heterocycles. The van der Waals surface area contributed by atoms with E-state index in [9.17, 15) is 4.39 Å². The quantitative estimate of drug-likeness (QED) is 0.654. The molecule has 0 radical (unpaired) electrons. The van der Waals surface area contributed by atoms with Gasteiger partial charge in [0.05, 0.1) is 13.2 Å². The highest BCUT2D eigenvalue weighted by Crippen LogP contribution is 2.29. The maximum atomic E-state index is 13.5. The highest BCUT2D eigenvalue weighted by Gasteiger charge is 2.10. The van der Waals surface area contributed by atoms with E-state index in [1.54, 1.807) is 26.4 Å². The summed E-state index contributed by atoms with van der Waals surface area (Å²) in [5, 5.41) is 0. The third-order valence-electron chi connectivity index (χ3n) is 2.01. The van der Waals surface area contributed by atoms with Gasteiger partial charge < -0.3 is 18.9 Å². The summed E-state index contributed by atoms with van der Waals surface area (Å²) >= 11 is 0. The highest BCUT2D eigenvalue weighted by molar-refractivity contribution is 5.40. The van der Waals surface area contributed by atoms with Gasteiger partial charge in [0, 0.05) is 14.2 Å². The van der Waals surface area contributed by atoms with E-state index in [0.717, 1.165) is 0 Å². The molecule has 0 N–H and O–H groups in total. The third-order valence-corrected chi connectivity index (χ3v) is 2.01. The Hall–Kier alpha value is -1.33. The van der Waals surface area contributed by atoms with E-state index in [-0.39, 0.29) is 12.4 Å². The van der Waals surface area contributed by atoms with Crippen molar-refractivity contribution < 1.29 is 23.3 Å². The zero-order chi connectivity index (χ0) is 12.5. The predicted molar refractivity (Wildman–Crippen MR) is 61.1 cm³/mol. The summed E-state index contributed by atoms with van der Waals surface area (Å²) in [5.74, 6) is 0.0369. The first-order valence-corrected chi connectivity index (χ1v) is 5.31. The molecule has 0 saturated carbocycles. The van der Waals surface area contributed by atoms with E-state index in [2.05, 4.69) is 0 Å². The standard InChI is InChI=1S/C12H17FO4/c1-14-6-8-16-11-5-3-4-10(13)12(11)17-9-7-15-2/h3-5H,6-9H2,1-2H3. The molecule has 0 spiro atoms. The minimum Gasteiger partial charge on any atom is -0.487 e. The molecule has 96 valence electrons. The van der Waals surface area contributed by atoms with Gasteiger partial charge in [-0.25, -0.2) is 4.39 Å². The first-order valence-electron chi connectivity index (χ1n) is 5.31. The molecule has 0 unspecified atom stereocenters. The van der Waals surface area contributed by atoms with E-state index in [4.69, 9.17) is 18.9 Å². The van der Waals surface area contributed by atoms with Crippen LogP contribution >= 0.6 is 0 Å². The Labute approximate surface area is 100 Å². The van der Waals surface area contributed by atoms with Crippen LogP contribution in [0.15, 0.2) is 18.2 Å². The summed E-state index contributed by atoms with van der Waals surface area (Å²) in [6, 6.07) is 4.55. The number of halogens is 1. The fourth-order valence-electron chi connectivity index (χ4n) is 1.20. The average Bonchev–Trinajstić information content (AvgIpc) is 2.33. The molecule has 0 aliphatic rings. The monoisotopic (exact) mass is 244 g/mol. The van der Waals surface area contributed by atoms with E-state index in [0.29, 0.717) is 25.6 Å². The number of methoxy groups -OCH3 is 2. The van der Waals surface area contributed by atoms with E-state index in [1.165, 1.54) is 6.07 Å². The number of para-hydroxylation sites is 1. The molecule has 5 heteroatoms. The second kappa shape index (κ2) is 7.86. The first kappa shape index (κ1) is 13.7. The maximum Gasteiger partial charge on any atom is 0.197 e. The van der Waals surface area contributed by atoms with Crippen LogP contribution in [-0.2, 0) is 9.47 Å². The number of rotatable bonds is 8. The fourth-order valence-corrected chi connectivity index (χ4v) is 1.20. The lowest BCUT2D eigenvalue weighted by molar-refractivity contribution is 0.130. The molecule has 0 aliphatic carbocycles. The predicted octanol–water partition coefficient (Wildman–Crippen LogP) is 1.88. The molecule has 17 heavy (non-hydrogen) atoms. The van der Waals surface area contributed by atoms with Gasteiger partial charge in [-0.1, -0.05) is 6.07 Å². The largest absolute Gasteiger partial charge is 0.487 e. The van der Waals surface area contributed by atoms with Crippen molar-refractivity contribution in [2.24, 2.45) is 0 Å². The van der Waals surface area contributed by atoms with Gasteiger partial charge >= 0.3 is 0 Å². The van der Waals surface area contributed by atoms with Crippen molar-refractivity contribution in [2.75, 3.05) is 40.6 Å².